The lowest BCUT2D eigenvalue weighted by Crippen LogP contribution is -2.13. The summed E-state index contributed by atoms with van der Waals surface area (Å²) in [5.41, 5.74) is 2.49. The number of fused-ring (bicyclic) bond motifs is 1. The van der Waals surface area contributed by atoms with Gasteiger partial charge in [-0.3, -0.25) is 0 Å². The third kappa shape index (κ3) is 3.14. The number of benzene rings is 1. The Morgan fingerprint density at radius 1 is 1.26 bits per heavy atom. The van der Waals surface area contributed by atoms with E-state index in [1.54, 1.807) is 0 Å². The normalized spacial score (nSPS) is 13.4. The van der Waals surface area contributed by atoms with Crippen molar-refractivity contribution in [3.63, 3.8) is 0 Å². The molecular weight excluding hydrogens is 421 g/mol. The second-order valence-electron chi connectivity index (χ2n) is 4.46. The Hall–Kier alpha value is -0.530. The van der Waals surface area contributed by atoms with Crippen molar-refractivity contribution < 1.29 is 9.15 Å². The molecule has 0 radical (unpaired) electrons. The first kappa shape index (κ1) is 13.5. The zero-order valence-corrected chi connectivity index (χ0v) is 14.0. The van der Waals surface area contributed by atoms with E-state index in [4.69, 9.17) is 9.15 Å². The second-order valence-corrected chi connectivity index (χ2v) is 6.44. The van der Waals surface area contributed by atoms with Crippen LogP contribution < -0.4 is 10.1 Å². The van der Waals surface area contributed by atoms with Gasteiger partial charge in [-0.25, -0.2) is 0 Å². The van der Waals surface area contributed by atoms with Crippen LogP contribution in [0.5, 0.6) is 5.75 Å². The van der Waals surface area contributed by atoms with E-state index in [0.717, 1.165) is 45.9 Å². The molecule has 1 N–H and O–H groups in total. The molecule has 0 bridgehead atoms. The van der Waals surface area contributed by atoms with E-state index in [0.29, 0.717) is 0 Å². The molecule has 2 aromatic rings. The molecule has 0 atom stereocenters. The number of halogens is 2. The summed E-state index contributed by atoms with van der Waals surface area (Å²) in [6.07, 6.45) is 0.998. The van der Waals surface area contributed by atoms with E-state index in [1.807, 2.05) is 12.1 Å². The molecule has 0 unspecified atom stereocenters. The molecule has 19 heavy (non-hydrogen) atoms. The lowest BCUT2D eigenvalue weighted by molar-refractivity contribution is 0.352. The van der Waals surface area contributed by atoms with Crippen LogP contribution in [0, 0.1) is 3.77 Å². The molecule has 0 aliphatic carbocycles. The van der Waals surface area contributed by atoms with Crippen LogP contribution >= 0.6 is 38.5 Å². The minimum Gasteiger partial charge on any atom is -0.493 e. The van der Waals surface area contributed by atoms with Gasteiger partial charge in [0.05, 0.1) is 13.2 Å². The largest absolute Gasteiger partial charge is 0.493 e. The van der Waals surface area contributed by atoms with Crippen molar-refractivity contribution in [2.24, 2.45) is 0 Å². The molecule has 100 valence electrons. The predicted octanol–water partition coefficient (Wildman–Crippen LogP) is 3.87. The van der Waals surface area contributed by atoms with Crippen LogP contribution in [0.2, 0.25) is 0 Å². The first-order chi connectivity index (χ1) is 9.22. The third-order valence-corrected chi connectivity index (χ3v) is 4.11. The SMILES string of the molecule is Brc1cc2c(c(CNCc3ccc(I)o3)c1)OCC2. The number of rotatable bonds is 4. The van der Waals surface area contributed by atoms with Gasteiger partial charge >= 0.3 is 0 Å². The van der Waals surface area contributed by atoms with Crippen molar-refractivity contribution >= 4 is 38.5 Å². The third-order valence-electron chi connectivity index (χ3n) is 3.07. The zero-order valence-electron chi connectivity index (χ0n) is 10.2. The van der Waals surface area contributed by atoms with Crippen molar-refractivity contribution in [3.8, 4) is 5.75 Å². The highest BCUT2D eigenvalue weighted by molar-refractivity contribution is 14.1. The maximum Gasteiger partial charge on any atom is 0.164 e. The number of furan rings is 1. The summed E-state index contributed by atoms with van der Waals surface area (Å²) >= 11 is 5.72. The topological polar surface area (TPSA) is 34.4 Å². The molecule has 0 saturated heterocycles. The Kier molecular flexibility index (Phi) is 4.14. The van der Waals surface area contributed by atoms with Crippen LogP contribution in [0.25, 0.3) is 0 Å². The van der Waals surface area contributed by atoms with E-state index < -0.39 is 0 Å². The van der Waals surface area contributed by atoms with Crippen LogP contribution in [0.15, 0.2) is 33.2 Å². The van der Waals surface area contributed by atoms with Gasteiger partial charge in [0.2, 0.25) is 0 Å². The predicted molar refractivity (Wildman–Crippen MR) is 85.3 cm³/mol. The highest BCUT2D eigenvalue weighted by atomic mass is 127. The van der Waals surface area contributed by atoms with Crippen molar-refractivity contribution in [1.29, 1.82) is 0 Å². The molecule has 1 aromatic carbocycles. The number of hydrogen-bond acceptors (Lipinski definition) is 3. The molecule has 1 aliphatic rings. The summed E-state index contributed by atoms with van der Waals surface area (Å²) in [7, 11) is 0. The van der Waals surface area contributed by atoms with Gasteiger partial charge in [0.1, 0.15) is 11.5 Å². The number of ether oxygens (including phenoxy) is 1. The van der Waals surface area contributed by atoms with E-state index in [9.17, 15) is 0 Å². The summed E-state index contributed by atoms with van der Waals surface area (Å²) < 4.78 is 13.3. The quantitative estimate of drug-likeness (QED) is 0.743. The molecule has 0 spiro atoms. The van der Waals surface area contributed by atoms with Crippen molar-refractivity contribution in [2.75, 3.05) is 6.61 Å². The summed E-state index contributed by atoms with van der Waals surface area (Å²) in [5, 5.41) is 3.39. The molecule has 2 heterocycles. The van der Waals surface area contributed by atoms with Gasteiger partial charge in [0, 0.05) is 23.0 Å². The highest BCUT2D eigenvalue weighted by Crippen LogP contribution is 2.32. The Balaban J connectivity index is 1.67. The average molecular weight is 434 g/mol. The maximum absolute atomic E-state index is 5.71. The Labute approximate surface area is 134 Å². The molecular formula is C14H13BrINO2. The number of nitrogens with one attached hydrogen (secondary N) is 1. The Morgan fingerprint density at radius 2 is 2.16 bits per heavy atom. The Bertz CT molecular complexity index is 597. The van der Waals surface area contributed by atoms with Gasteiger partial charge < -0.3 is 14.5 Å². The lowest BCUT2D eigenvalue weighted by Gasteiger charge is -2.09. The van der Waals surface area contributed by atoms with E-state index >= 15 is 0 Å². The average Bonchev–Trinajstić information content (AvgIpc) is 2.98. The van der Waals surface area contributed by atoms with E-state index in [-0.39, 0.29) is 0 Å². The lowest BCUT2D eigenvalue weighted by atomic mass is 10.1. The molecule has 0 saturated carbocycles. The fraction of sp³-hybridized carbons (Fsp3) is 0.286. The van der Waals surface area contributed by atoms with Gasteiger partial charge in [-0.1, -0.05) is 15.9 Å². The first-order valence-corrected chi connectivity index (χ1v) is 7.98. The monoisotopic (exact) mass is 433 g/mol. The highest BCUT2D eigenvalue weighted by Gasteiger charge is 2.17. The van der Waals surface area contributed by atoms with Gasteiger partial charge in [0.25, 0.3) is 0 Å². The van der Waals surface area contributed by atoms with Gasteiger partial charge in [-0.05, 0) is 52.4 Å². The Morgan fingerprint density at radius 3 is 2.95 bits per heavy atom. The molecule has 3 nitrogen and oxygen atoms in total. The molecule has 0 fully saturated rings. The molecule has 3 rings (SSSR count). The van der Waals surface area contributed by atoms with Crippen LogP contribution in [0.1, 0.15) is 16.9 Å². The van der Waals surface area contributed by atoms with E-state index in [1.165, 1.54) is 11.1 Å². The summed E-state index contributed by atoms with van der Waals surface area (Å²) in [4.78, 5) is 0. The summed E-state index contributed by atoms with van der Waals surface area (Å²) in [6.45, 7) is 2.29. The van der Waals surface area contributed by atoms with Crippen LogP contribution in [0.4, 0.5) is 0 Å². The van der Waals surface area contributed by atoms with Gasteiger partial charge in [-0.2, -0.15) is 0 Å². The van der Waals surface area contributed by atoms with Crippen molar-refractivity contribution in [1.82, 2.24) is 5.32 Å². The molecule has 1 aromatic heterocycles. The smallest absolute Gasteiger partial charge is 0.164 e. The van der Waals surface area contributed by atoms with Crippen LogP contribution in [0.3, 0.4) is 0 Å². The van der Waals surface area contributed by atoms with Gasteiger partial charge in [-0.15, -0.1) is 0 Å². The molecule has 0 amide bonds. The van der Waals surface area contributed by atoms with Crippen molar-refractivity contribution in [2.45, 2.75) is 19.5 Å². The fourth-order valence-corrected chi connectivity index (χ4v) is 3.26. The van der Waals surface area contributed by atoms with Crippen LogP contribution in [-0.2, 0) is 19.5 Å². The van der Waals surface area contributed by atoms with Gasteiger partial charge in [0.15, 0.2) is 3.77 Å². The van der Waals surface area contributed by atoms with E-state index in [2.05, 4.69) is 56.0 Å². The minimum atomic E-state index is 0.726. The zero-order chi connectivity index (χ0) is 13.2. The summed E-state index contributed by atoms with van der Waals surface area (Å²) in [6, 6.07) is 8.22. The maximum atomic E-state index is 5.71. The molecule has 1 aliphatic heterocycles. The second kappa shape index (κ2) is 5.85. The first-order valence-electron chi connectivity index (χ1n) is 6.11. The molecule has 5 heteroatoms. The summed E-state index contributed by atoms with van der Waals surface area (Å²) in [5.74, 6) is 2.00. The van der Waals surface area contributed by atoms with Crippen LogP contribution in [-0.4, -0.2) is 6.61 Å². The fourth-order valence-electron chi connectivity index (χ4n) is 2.24. The van der Waals surface area contributed by atoms with Crippen molar-refractivity contribution in [3.05, 3.63) is 49.4 Å². The number of hydrogen-bond donors (Lipinski definition) is 1. The standard InChI is InChI=1S/C14H13BrINO2/c15-11-5-9-3-4-18-14(9)10(6-11)7-17-8-12-1-2-13(16)19-12/h1-2,5-6,17H,3-4,7-8H2. The minimum absolute atomic E-state index is 0.726.